The molecule has 1 aliphatic carbocycles. The Bertz CT molecular complexity index is 1100. The number of rotatable bonds is 4. The average molecular weight is 436 g/mol. The Hall–Kier alpha value is -2.53. The van der Waals surface area contributed by atoms with E-state index in [-0.39, 0.29) is 22.0 Å². The molecule has 5 heteroatoms. The fraction of sp³-hybridized carbons (Fsp3) is 0.385. The summed E-state index contributed by atoms with van der Waals surface area (Å²) in [6.45, 7) is 11.8. The molecule has 0 spiro atoms. The maximum absolute atomic E-state index is 11.9. The first-order valence-electron chi connectivity index (χ1n) is 10.8. The van der Waals surface area contributed by atoms with Crippen molar-refractivity contribution in [1.82, 2.24) is 5.32 Å². The maximum atomic E-state index is 11.9. The Balaban J connectivity index is 1.77. The second kappa shape index (κ2) is 7.86. The molecule has 1 aliphatic heterocycles. The molecule has 2 aliphatic rings. The average Bonchev–Trinajstić information content (AvgIpc) is 3.02. The number of hydrogen-bond donors (Lipinski definition) is 1. The van der Waals surface area contributed by atoms with Crippen LogP contribution in [0.2, 0.25) is 0 Å². The van der Waals surface area contributed by atoms with E-state index in [1.165, 1.54) is 24.0 Å². The van der Waals surface area contributed by atoms with Crippen molar-refractivity contribution in [2.75, 3.05) is 6.61 Å². The minimum Gasteiger partial charge on any atom is -0.493 e. The second-order valence-corrected chi connectivity index (χ2v) is 10.6. The van der Waals surface area contributed by atoms with E-state index in [0.29, 0.717) is 11.5 Å². The van der Waals surface area contributed by atoms with Crippen LogP contribution in [-0.4, -0.2) is 17.8 Å². The second-order valence-electron chi connectivity index (χ2n) is 9.57. The fourth-order valence-corrected chi connectivity index (χ4v) is 5.15. The van der Waals surface area contributed by atoms with Crippen LogP contribution < -0.4 is 10.1 Å². The summed E-state index contributed by atoms with van der Waals surface area (Å²) in [5.41, 5.74) is 6.16. The lowest BCUT2D eigenvalue weighted by molar-refractivity contribution is -0.115. The molecule has 2 aromatic rings. The predicted molar refractivity (Wildman–Crippen MR) is 127 cm³/mol. The summed E-state index contributed by atoms with van der Waals surface area (Å²) in [5.74, 6) is 0.427. The zero-order chi connectivity index (χ0) is 22.4. The molecule has 1 N–H and O–H groups in total. The summed E-state index contributed by atoms with van der Waals surface area (Å²) in [4.78, 5) is 23.7. The van der Waals surface area contributed by atoms with Crippen LogP contribution in [0.4, 0.5) is 4.79 Å². The van der Waals surface area contributed by atoms with E-state index in [0.717, 1.165) is 34.2 Å². The lowest BCUT2D eigenvalue weighted by Gasteiger charge is -2.42. The van der Waals surface area contributed by atoms with Gasteiger partial charge in [-0.3, -0.25) is 14.9 Å². The van der Waals surface area contributed by atoms with E-state index in [1.54, 1.807) is 6.08 Å². The van der Waals surface area contributed by atoms with Crippen LogP contribution in [0.25, 0.3) is 17.2 Å². The maximum Gasteiger partial charge on any atom is 0.290 e. The highest BCUT2D eigenvalue weighted by Gasteiger charge is 2.37. The summed E-state index contributed by atoms with van der Waals surface area (Å²) < 4.78 is 5.98. The van der Waals surface area contributed by atoms with Crippen molar-refractivity contribution < 1.29 is 14.3 Å². The highest BCUT2D eigenvalue weighted by molar-refractivity contribution is 8.18. The standard InChI is InChI=1S/C26H29NO3S/c1-6-30-21-13-16(14-22-23(28)27-24(29)31-22)7-9-18(21)17-8-10-19-20(15-17)26(4,5)12-11-25(19,2)3/h7-10,13-15H,6,11-12H2,1-5H3,(H,27,28,29)/b22-14-. The number of nitrogens with one attached hydrogen (secondary N) is 1. The molecule has 1 heterocycles. The first-order chi connectivity index (χ1) is 14.6. The van der Waals surface area contributed by atoms with Gasteiger partial charge in [0, 0.05) is 5.56 Å². The van der Waals surface area contributed by atoms with Crippen LogP contribution in [0.3, 0.4) is 0 Å². The zero-order valence-corrected chi connectivity index (χ0v) is 19.6. The number of fused-ring (bicyclic) bond motifs is 1. The minimum absolute atomic E-state index is 0.136. The molecule has 0 aromatic heterocycles. The molecule has 31 heavy (non-hydrogen) atoms. The smallest absolute Gasteiger partial charge is 0.290 e. The van der Waals surface area contributed by atoms with Gasteiger partial charge in [-0.1, -0.05) is 58.0 Å². The molecule has 0 atom stereocenters. The molecule has 4 nitrogen and oxygen atoms in total. The molecule has 1 saturated heterocycles. The summed E-state index contributed by atoms with van der Waals surface area (Å²) in [6, 6.07) is 12.7. The number of ether oxygens (including phenoxy) is 1. The Morgan fingerprint density at radius 1 is 1.00 bits per heavy atom. The van der Waals surface area contributed by atoms with Gasteiger partial charge in [0.2, 0.25) is 0 Å². The van der Waals surface area contributed by atoms with Crippen molar-refractivity contribution in [2.24, 2.45) is 0 Å². The van der Waals surface area contributed by atoms with Gasteiger partial charge in [0.25, 0.3) is 11.1 Å². The molecule has 1 fully saturated rings. The molecule has 0 unspecified atom stereocenters. The van der Waals surface area contributed by atoms with E-state index in [9.17, 15) is 9.59 Å². The monoisotopic (exact) mass is 435 g/mol. The molecule has 162 valence electrons. The van der Waals surface area contributed by atoms with Gasteiger partial charge in [-0.25, -0.2) is 0 Å². The van der Waals surface area contributed by atoms with E-state index in [4.69, 9.17) is 4.74 Å². The lowest BCUT2D eigenvalue weighted by atomic mass is 9.63. The third-order valence-electron chi connectivity index (χ3n) is 6.41. The molecular weight excluding hydrogens is 406 g/mol. The van der Waals surface area contributed by atoms with Crippen molar-refractivity contribution in [3.8, 4) is 16.9 Å². The molecule has 4 rings (SSSR count). The first-order valence-corrected chi connectivity index (χ1v) is 11.6. The van der Waals surface area contributed by atoms with Gasteiger partial charge in [-0.2, -0.15) is 0 Å². The lowest BCUT2D eigenvalue weighted by Crippen LogP contribution is -2.33. The zero-order valence-electron chi connectivity index (χ0n) is 18.8. The molecule has 2 aromatic carbocycles. The topological polar surface area (TPSA) is 55.4 Å². The van der Waals surface area contributed by atoms with E-state index >= 15 is 0 Å². The number of benzene rings is 2. The quantitative estimate of drug-likeness (QED) is 0.563. The number of amides is 2. The van der Waals surface area contributed by atoms with Crippen LogP contribution in [0.5, 0.6) is 5.75 Å². The highest BCUT2D eigenvalue weighted by Crippen LogP contribution is 2.47. The van der Waals surface area contributed by atoms with Crippen LogP contribution in [0, 0.1) is 0 Å². The number of carbonyl (C=O) groups excluding carboxylic acids is 2. The fourth-order valence-electron chi connectivity index (χ4n) is 4.47. The van der Waals surface area contributed by atoms with Gasteiger partial charge >= 0.3 is 0 Å². The first kappa shape index (κ1) is 21.7. The Labute approximate surface area is 188 Å². The minimum atomic E-state index is -0.350. The predicted octanol–water partition coefficient (Wildman–Crippen LogP) is 6.43. The molecule has 0 radical (unpaired) electrons. The summed E-state index contributed by atoms with van der Waals surface area (Å²) in [6.07, 6.45) is 4.09. The van der Waals surface area contributed by atoms with Crippen LogP contribution in [0.15, 0.2) is 41.3 Å². The molecule has 0 bridgehead atoms. The summed E-state index contributed by atoms with van der Waals surface area (Å²) >= 11 is 0.924. The van der Waals surface area contributed by atoms with E-state index in [2.05, 4.69) is 51.2 Å². The van der Waals surface area contributed by atoms with Crippen LogP contribution in [-0.2, 0) is 15.6 Å². The number of hydrogen-bond acceptors (Lipinski definition) is 4. The largest absolute Gasteiger partial charge is 0.493 e. The molecule has 0 saturated carbocycles. The molecule has 2 amide bonds. The normalized spacial score (nSPS) is 20.5. The number of thioether (sulfide) groups is 1. The van der Waals surface area contributed by atoms with Gasteiger partial charge in [0.05, 0.1) is 11.5 Å². The van der Waals surface area contributed by atoms with Crippen molar-refractivity contribution >= 4 is 29.0 Å². The SMILES string of the molecule is CCOc1cc(/C=C2\SC(=O)NC2=O)ccc1-c1ccc2c(c1)C(C)(C)CCC2(C)C. The van der Waals surface area contributed by atoms with Gasteiger partial charge < -0.3 is 4.74 Å². The van der Waals surface area contributed by atoms with Crippen LogP contribution in [0.1, 0.15) is 64.2 Å². The van der Waals surface area contributed by atoms with Crippen molar-refractivity contribution in [2.45, 2.75) is 58.3 Å². The van der Waals surface area contributed by atoms with Crippen molar-refractivity contribution in [1.29, 1.82) is 0 Å². The van der Waals surface area contributed by atoms with Crippen LogP contribution >= 0.6 is 11.8 Å². The Morgan fingerprint density at radius 3 is 2.35 bits per heavy atom. The van der Waals surface area contributed by atoms with Gasteiger partial charge in [-0.15, -0.1) is 0 Å². The Kier molecular flexibility index (Phi) is 5.50. The van der Waals surface area contributed by atoms with Gasteiger partial charge in [0.15, 0.2) is 0 Å². The van der Waals surface area contributed by atoms with Crippen molar-refractivity contribution in [3.63, 3.8) is 0 Å². The molecular formula is C26H29NO3S. The Morgan fingerprint density at radius 2 is 1.71 bits per heavy atom. The van der Waals surface area contributed by atoms with Gasteiger partial charge in [-0.05, 0) is 76.8 Å². The number of imide groups is 1. The van der Waals surface area contributed by atoms with E-state index < -0.39 is 0 Å². The third kappa shape index (κ3) is 4.16. The number of carbonyl (C=O) groups is 2. The summed E-state index contributed by atoms with van der Waals surface area (Å²) in [5, 5.41) is 1.96. The van der Waals surface area contributed by atoms with E-state index in [1.807, 2.05) is 25.1 Å². The third-order valence-corrected chi connectivity index (χ3v) is 7.22. The highest BCUT2D eigenvalue weighted by atomic mass is 32.2. The van der Waals surface area contributed by atoms with Gasteiger partial charge in [0.1, 0.15) is 5.75 Å². The summed E-state index contributed by atoms with van der Waals surface area (Å²) in [7, 11) is 0. The van der Waals surface area contributed by atoms with Crippen molar-refractivity contribution in [3.05, 3.63) is 58.0 Å².